The van der Waals surface area contributed by atoms with Crippen molar-refractivity contribution >= 4 is 28.3 Å². The molecule has 28 heavy (non-hydrogen) atoms. The normalized spacial score (nSPS) is 10.7. The van der Waals surface area contributed by atoms with Gasteiger partial charge in [0.2, 0.25) is 11.8 Å². The van der Waals surface area contributed by atoms with Gasteiger partial charge < -0.3 is 15.4 Å². The standard InChI is InChI=1S/C21H18F2N2O3/c22-21(23)28-17-10-8-16(9-11-17)25-20(27)13-24-19(26)12-15-6-3-5-14-4-1-2-7-18(14)15/h1-11,21H,12-13H2,(H,24,26)(H,25,27). The summed E-state index contributed by atoms with van der Waals surface area (Å²) in [5, 5.41) is 7.20. The molecule has 3 rings (SSSR count). The fourth-order valence-electron chi connectivity index (χ4n) is 2.79. The zero-order chi connectivity index (χ0) is 19.9. The summed E-state index contributed by atoms with van der Waals surface area (Å²) in [5.74, 6) is -0.697. The number of carbonyl (C=O) groups is 2. The van der Waals surface area contributed by atoms with E-state index in [2.05, 4.69) is 15.4 Å². The predicted octanol–water partition coefficient (Wildman–Crippen LogP) is 3.74. The van der Waals surface area contributed by atoms with Crippen LogP contribution < -0.4 is 15.4 Å². The summed E-state index contributed by atoms with van der Waals surface area (Å²) < 4.78 is 28.5. The van der Waals surface area contributed by atoms with Crippen molar-refractivity contribution in [2.75, 3.05) is 11.9 Å². The maximum atomic E-state index is 12.2. The molecule has 0 aliphatic rings. The Morgan fingerprint density at radius 1 is 0.893 bits per heavy atom. The van der Waals surface area contributed by atoms with Crippen LogP contribution in [0.25, 0.3) is 10.8 Å². The minimum Gasteiger partial charge on any atom is -0.435 e. The zero-order valence-electron chi connectivity index (χ0n) is 14.8. The van der Waals surface area contributed by atoms with Gasteiger partial charge in [0.05, 0.1) is 13.0 Å². The van der Waals surface area contributed by atoms with Crippen molar-refractivity contribution in [3.8, 4) is 5.75 Å². The topological polar surface area (TPSA) is 67.4 Å². The SMILES string of the molecule is O=C(Cc1cccc2ccccc12)NCC(=O)Nc1ccc(OC(F)F)cc1. The molecule has 0 spiro atoms. The highest BCUT2D eigenvalue weighted by atomic mass is 19.3. The van der Waals surface area contributed by atoms with Crippen LogP contribution in [0.1, 0.15) is 5.56 Å². The van der Waals surface area contributed by atoms with Gasteiger partial charge in [-0.1, -0.05) is 42.5 Å². The number of hydrogen-bond acceptors (Lipinski definition) is 3. The third-order valence-corrected chi connectivity index (χ3v) is 4.04. The van der Waals surface area contributed by atoms with Crippen LogP contribution in [0.4, 0.5) is 14.5 Å². The van der Waals surface area contributed by atoms with E-state index in [1.165, 1.54) is 24.3 Å². The van der Waals surface area contributed by atoms with Crippen LogP contribution in [0, 0.1) is 0 Å². The second-order valence-corrected chi connectivity index (χ2v) is 6.04. The van der Waals surface area contributed by atoms with Crippen LogP contribution >= 0.6 is 0 Å². The Hall–Kier alpha value is -3.48. The molecule has 0 unspecified atom stereocenters. The zero-order valence-corrected chi connectivity index (χ0v) is 14.8. The van der Waals surface area contributed by atoms with Crippen LogP contribution in [0.3, 0.4) is 0 Å². The molecule has 0 bridgehead atoms. The monoisotopic (exact) mass is 384 g/mol. The van der Waals surface area contributed by atoms with Crippen molar-refractivity contribution < 1.29 is 23.1 Å². The first kappa shape index (κ1) is 19.3. The molecule has 2 N–H and O–H groups in total. The highest BCUT2D eigenvalue weighted by Gasteiger charge is 2.10. The van der Waals surface area contributed by atoms with Crippen LogP contribution in [0.5, 0.6) is 5.75 Å². The van der Waals surface area contributed by atoms with E-state index < -0.39 is 12.5 Å². The van der Waals surface area contributed by atoms with E-state index in [4.69, 9.17) is 0 Å². The van der Waals surface area contributed by atoms with Crippen molar-refractivity contribution in [2.45, 2.75) is 13.0 Å². The minimum atomic E-state index is -2.91. The number of halogens is 2. The molecular formula is C21H18F2N2O3. The fourth-order valence-corrected chi connectivity index (χ4v) is 2.79. The first-order chi connectivity index (χ1) is 13.5. The molecule has 144 valence electrons. The van der Waals surface area contributed by atoms with Crippen molar-refractivity contribution in [2.24, 2.45) is 0 Å². The second kappa shape index (κ2) is 8.94. The molecule has 0 heterocycles. The lowest BCUT2D eigenvalue weighted by Crippen LogP contribution is -2.33. The van der Waals surface area contributed by atoms with E-state index in [9.17, 15) is 18.4 Å². The van der Waals surface area contributed by atoms with Crippen molar-refractivity contribution in [1.82, 2.24) is 5.32 Å². The van der Waals surface area contributed by atoms with E-state index in [0.29, 0.717) is 5.69 Å². The Labute approximate surface area is 160 Å². The maximum Gasteiger partial charge on any atom is 0.387 e. The molecular weight excluding hydrogens is 366 g/mol. The third-order valence-electron chi connectivity index (χ3n) is 4.04. The number of carbonyl (C=O) groups excluding carboxylic acids is 2. The number of rotatable bonds is 7. The largest absolute Gasteiger partial charge is 0.435 e. The van der Waals surface area contributed by atoms with Gasteiger partial charge in [0.15, 0.2) is 0 Å². The van der Waals surface area contributed by atoms with Gasteiger partial charge in [-0.3, -0.25) is 9.59 Å². The average molecular weight is 384 g/mol. The molecule has 5 nitrogen and oxygen atoms in total. The molecule has 0 aliphatic carbocycles. The summed E-state index contributed by atoms with van der Waals surface area (Å²) in [6.45, 7) is -3.10. The first-order valence-corrected chi connectivity index (χ1v) is 8.59. The number of benzene rings is 3. The smallest absolute Gasteiger partial charge is 0.387 e. The van der Waals surface area contributed by atoms with Gasteiger partial charge in [-0.25, -0.2) is 0 Å². The molecule has 7 heteroatoms. The van der Waals surface area contributed by atoms with Gasteiger partial charge in [0.25, 0.3) is 0 Å². The summed E-state index contributed by atoms with van der Waals surface area (Å²) in [4.78, 5) is 24.1. The lowest BCUT2D eigenvalue weighted by atomic mass is 10.0. The number of hydrogen-bond donors (Lipinski definition) is 2. The molecule has 0 saturated carbocycles. The summed E-state index contributed by atoms with van der Waals surface area (Å²) in [7, 11) is 0. The Bertz CT molecular complexity index is 970. The Kier molecular flexibility index (Phi) is 6.16. The van der Waals surface area contributed by atoms with E-state index in [1.807, 2.05) is 42.5 Å². The van der Waals surface area contributed by atoms with Crippen LogP contribution in [0.2, 0.25) is 0 Å². The molecule has 0 atom stereocenters. The van der Waals surface area contributed by atoms with E-state index in [0.717, 1.165) is 16.3 Å². The van der Waals surface area contributed by atoms with Crippen molar-refractivity contribution in [1.29, 1.82) is 0 Å². The number of fused-ring (bicyclic) bond motifs is 1. The molecule has 3 aromatic rings. The number of anilines is 1. The third kappa shape index (κ3) is 5.26. The van der Waals surface area contributed by atoms with Crippen LogP contribution in [-0.4, -0.2) is 25.0 Å². The quantitative estimate of drug-likeness (QED) is 0.652. The Morgan fingerprint density at radius 3 is 2.36 bits per heavy atom. The van der Waals surface area contributed by atoms with Gasteiger partial charge in [-0.15, -0.1) is 0 Å². The highest BCUT2D eigenvalue weighted by molar-refractivity contribution is 5.95. The first-order valence-electron chi connectivity index (χ1n) is 8.59. The second-order valence-electron chi connectivity index (χ2n) is 6.04. The molecule has 0 saturated heterocycles. The predicted molar refractivity (Wildman–Crippen MR) is 102 cm³/mol. The van der Waals surface area contributed by atoms with Gasteiger partial charge >= 0.3 is 6.61 Å². The number of amides is 2. The van der Waals surface area contributed by atoms with Crippen LogP contribution in [0.15, 0.2) is 66.7 Å². The average Bonchev–Trinajstić information content (AvgIpc) is 2.68. The summed E-state index contributed by atoms with van der Waals surface area (Å²) in [6, 6.07) is 19.0. The Morgan fingerprint density at radius 2 is 1.61 bits per heavy atom. The lowest BCUT2D eigenvalue weighted by molar-refractivity contribution is -0.123. The molecule has 0 aromatic heterocycles. The molecule has 0 aliphatic heterocycles. The van der Waals surface area contributed by atoms with Crippen molar-refractivity contribution in [3.05, 3.63) is 72.3 Å². The van der Waals surface area contributed by atoms with E-state index in [1.54, 1.807) is 0 Å². The minimum absolute atomic E-state index is 0.00334. The number of nitrogens with one attached hydrogen (secondary N) is 2. The van der Waals surface area contributed by atoms with Crippen molar-refractivity contribution in [3.63, 3.8) is 0 Å². The summed E-state index contributed by atoms with van der Waals surface area (Å²) in [6.07, 6.45) is 0.161. The highest BCUT2D eigenvalue weighted by Crippen LogP contribution is 2.19. The summed E-state index contributed by atoms with van der Waals surface area (Å²) in [5.41, 5.74) is 1.29. The van der Waals surface area contributed by atoms with Gasteiger partial charge in [-0.05, 0) is 40.6 Å². The van der Waals surface area contributed by atoms with E-state index >= 15 is 0 Å². The molecule has 0 fully saturated rings. The molecule has 2 amide bonds. The van der Waals surface area contributed by atoms with Gasteiger partial charge in [0, 0.05) is 5.69 Å². The van der Waals surface area contributed by atoms with Crippen LogP contribution in [-0.2, 0) is 16.0 Å². The Balaban J connectivity index is 1.51. The number of alkyl halides is 2. The summed E-state index contributed by atoms with van der Waals surface area (Å²) >= 11 is 0. The lowest BCUT2D eigenvalue weighted by Gasteiger charge is -2.09. The maximum absolute atomic E-state index is 12.2. The fraction of sp³-hybridized carbons (Fsp3) is 0.143. The molecule has 3 aromatic carbocycles. The van der Waals surface area contributed by atoms with E-state index in [-0.39, 0.29) is 24.6 Å². The number of ether oxygens (including phenoxy) is 1. The van der Waals surface area contributed by atoms with Gasteiger partial charge in [0.1, 0.15) is 5.75 Å². The molecule has 0 radical (unpaired) electrons. The van der Waals surface area contributed by atoms with Gasteiger partial charge in [-0.2, -0.15) is 8.78 Å².